The molecule has 0 amide bonds. The van der Waals surface area contributed by atoms with Crippen LogP contribution in [0.25, 0.3) is 0 Å². The molecular formula is C16H20ClNO4S2. The van der Waals surface area contributed by atoms with Crippen molar-refractivity contribution in [3.8, 4) is 5.75 Å². The molecule has 0 radical (unpaired) electrons. The molecule has 5 nitrogen and oxygen atoms in total. The van der Waals surface area contributed by atoms with E-state index in [1.54, 1.807) is 18.2 Å². The number of halogens is 1. The zero-order chi connectivity index (χ0) is 17.6. The van der Waals surface area contributed by atoms with E-state index < -0.39 is 10.0 Å². The Morgan fingerprint density at radius 1 is 1.21 bits per heavy atom. The van der Waals surface area contributed by atoms with Crippen LogP contribution in [-0.4, -0.2) is 28.7 Å². The van der Waals surface area contributed by atoms with Gasteiger partial charge in [-0.1, -0.05) is 18.5 Å². The molecule has 0 aliphatic rings. The van der Waals surface area contributed by atoms with Gasteiger partial charge in [0.15, 0.2) is 0 Å². The van der Waals surface area contributed by atoms with Crippen molar-refractivity contribution in [2.24, 2.45) is 0 Å². The van der Waals surface area contributed by atoms with Gasteiger partial charge in [-0.25, -0.2) is 13.1 Å². The Kier molecular flexibility index (Phi) is 7.06. The molecule has 1 aromatic heterocycles. The summed E-state index contributed by atoms with van der Waals surface area (Å²) in [5, 5.41) is 0. The molecule has 1 heterocycles. The Hall–Kier alpha value is -1.12. The summed E-state index contributed by atoms with van der Waals surface area (Å²) in [7, 11) is -2.08. The molecule has 1 atom stereocenters. The van der Waals surface area contributed by atoms with E-state index in [9.17, 15) is 8.42 Å². The predicted octanol–water partition coefficient (Wildman–Crippen LogP) is 3.86. The summed E-state index contributed by atoms with van der Waals surface area (Å²) >= 11 is 7.28. The number of sulfonamides is 1. The lowest BCUT2D eigenvalue weighted by Gasteiger charge is -2.15. The number of rotatable bonds is 9. The molecule has 0 aliphatic carbocycles. The van der Waals surface area contributed by atoms with E-state index in [0.29, 0.717) is 16.7 Å². The summed E-state index contributed by atoms with van der Waals surface area (Å²) in [6, 6.07) is 9.94. The number of thiophene rings is 1. The van der Waals surface area contributed by atoms with Crippen LogP contribution in [-0.2, 0) is 14.8 Å². The highest BCUT2D eigenvalue weighted by Crippen LogP contribution is 2.28. The van der Waals surface area contributed by atoms with Crippen LogP contribution in [0.1, 0.15) is 24.3 Å². The Labute approximate surface area is 151 Å². The van der Waals surface area contributed by atoms with Gasteiger partial charge in [-0.2, -0.15) is 0 Å². The molecule has 0 saturated heterocycles. The van der Waals surface area contributed by atoms with Crippen LogP contribution in [0.5, 0.6) is 5.75 Å². The monoisotopic (exact) mass is 389 g/mol. The van der Waals surface area contributed by atoms with Crippen LogP contribution in [0, 0.1) is 0 Å². The van der Waals surface area contributed by atoms with E-state index in [1.165, 1.54) is 30.6 Å². The van der Waals surface area contributed by atoms with Gasteiger partial charge < -0.3 is 9.47 Å². The maximum atomic E-state index is 12.4. The van der Waals surface area contributed by atoms with E-state index in [1.807, 2.05) is 13.0 Å². The minimum absolute atomic E-state index is 0.129. The van der Waals surface area contributed by atoms with Crippen LogP contribution in [0.2, 0.25) is 4.34 Å². The SMILES string of the molecule is CCCOc1ccc(S(=O)(=O)NCC(OC)c2ccc(Cl)s2)cc1. The second-order valence-corrected chi connectivity index (χ2v) is 8.55. The number of nitrogens with one attached hydrogen (secondary N) is 1. The third-order valence-electron chi connectivity index (χ3n) is 3.26. The second kappa shape index (κ2) is 8.82. The largest absolute Gasteiger partial charge is 0.494 e. The van der Waals surface area contributed by atoms with Gasteiger partial charge in [0, 0.05) is 18.5 Å². The van der Waals surface area contributed by atoms with Crippen LogP contribution in [0.15, 0.2) is 41.3 Å². The highest BCUT2D eigenvalue weighted by Gasteiger charge is 2.19. The number of methoxy groups -OCH3 is 1. The first-order valence-electron chi connectivity index (χ1n) is 7.47. The summed E-state index contributed by atoms with van der Waals surface area (Å²) in [4.78, 5) is 1.05. The highest BCUT2D eigenvalue weighted by molar-refractivity contribution is 7.89. The van der Waals surface area contributed by atoms with Gasteiger partial charge in [0.05, 0.1) is 15.8 Å². The van der Waals surface area contributed by atoms with Crippen LogP contribution >= 0.6 is 22.9 Å². The van der Waals surface area contributed by atoms with Gasteiger partial charge in [0.25, 0.3) is 0 Å². The van der Waals surface area contributed by atoms with Crippen molar-refractivity contribution in [3.63, 3.8) is 0 Å². The third kappa shape index (κ3) is 5.19. The molecule has 2 rings (SSSR count). The molecule has 0 saturated carbocycles. The third-order valence-corrected chi connectivity index (χ3v) is 6.02. The summed E-state index contributed by atoms with van der Waals surface area (Å²) in [6.45, 7) is 2.74. The van der Waals surface area contributed by atoms with Crippen molar-refractivity contribution in [1.29, 1.82) is 0 Å². The summed E-state index contributed by atoms with van der Waals surface area (Å²) in [5.74, 6) is 0.652. The Bertz CT molecular complexity index is 744. The quantitative estimate of drug-likeness (QED) is 0.707. The lowest BCUT2D eigenvalue weighted by molar-refractivity contribution is 0.110. The van der Waals surface area contributed by atoms with Gasteiger partial charge in [-0.05, 0) is 42.8 Å². The van der Waals surface area contributed by atoms with Crippen molar-refractivity contribution in [3.05, 3.63) is 45.6 Å². The first kappa shape index (κ1) is 19.2. The van der Waals surface area contributed by atoms with Crippen molar-refractivity contribution >= 4 is 33.0 Å². The van der Waals surface area contributed by atoms with E-state index in [4.69, 9.17) is 21.1 Å². The molecule has 1 N–H and O–H groups in total. The molecule has 0 aliphatic heterocycles. The topological polar surface area (TPSA) is 64.6 Å². The molecule has 8 heteroatoms. The average Bonchev–Trinajstić information content (AvgIpc) is 3.00. The molecular weight excluding hydrogens is 370 g/mol. The van der Waals surface area contributed by atoms with E-state index in [-0.39, 0.29) is 17.5 Å². The highest BCUT2D eigenvalue weighted by atomic mass is 35.5. The standard InChI is InChI=1S/C16H20ClNO4S2/c1-3-10-22-12-4-6-13(7-5-12)24(19,20)18-11-14(21-2)15-8-9-16(17)23-15/h4-9,14,18H,3,10-11H2,1-2H3. The number of hydrogen-bond acceptors (Lipinski definition) is 5. The van der Waals surface area contributed by atoms with Crippen molar-refractivity contribution in [2.75, 3.05) is 20.3 Å². The Balaban J connectivity index is 2.02. The molecule has 1 aromatic carbocycles. The second-order valence-electron chi connectivity index (χ2n) is 5.04. The van der Waals surface area contributed by atoms with Crippen LogP contribution in [0.4, 0.5) is 0 Å². The summed E-state index contributed by atoms with van der Waals surface area (Å²) in [5.41, 5.74) is 0. The average molecular weight is 390 g/mol. The number of hydrogen-bond donors (Lipinski definition) is 1. The zero-order valence-corrected chi connectivity index (χ0v) is 15.9. The maximum absolute atomic E-state index is 12.4. The van der Waals surface area contributed by atoms with Crippen molar-refractivity contribution < 1.29 is 17.9 Å². The molecule has 1 unspecified atom stereocenters. The molecule has 0 fully saturated rings. The minimum Gasteiger partial charge on any atom is -0.494 e. The Morgan fingerprint density at radius 3 is 2.46 bits per heavy atom. The fraction of sp³-hybridized carbons (Fsp3) is 0.375. The molecule has 2 aromatic rings. The lowest BCUT2D eigenvalue weighted by atomic mass is 10.3. The fourth-order valence-corrected chi connectivity index (χ4v) is 4.18. The van der Waals surface area contributed by atoms with Gasteiger partial charge >= 0.3 is 0 Å². The smallest absolute Gasteiger partial charge is 0.240 e. The van der Waals surface area contributed by atoms with E-state index in [2.05, 4.69) is 4.72 Å². The maximum Gasteiger partial charge on any atom is 0.240 e. The lowest BCUT2D eigenvalue weighted by Crippen LogP contribution is -2.29. The first-order valence-corrected chi connectivity index (χ1v) is 10.1. The Morgan fingerprint density at radius 2 is 1.92 bits per heavy atom. The normalized spacial score (nSPS) is 13.0. The zero-order valence-electron chi connectivity index (χ0n) is 13.5. The fourth-order valence-electron chi connectivity index (χ4n) is 2.01. The van der Waals surface area contributed by atoms with Gasteiger partial charge in [0.2, 0.25) is 10.0 Å². The molecule has 24 heavy (non-hydrogen) atoms. The molecule has 0 bridgehead atoms. The summed E-state index contributed by atoms with van der Waals surface area (Å²) in [6.07, 6.45) is 0.511. The predicted molar refractivity (Wildman–Crippen MR) is 96.5 cm³/mol. The first-order chi connectivity index (χ1) is 11.5. The minimum atomic E-state index is -3.62. The van der Waals surface area contributed by atoms with Crippen molar-refractivity contribution in [1.82, 2.24) is 4.72 Å². The molecule has 132 valence electrons. The molecule has 0 spiro atoms. The van der Waals surface area contributed by atoms with E-state index in [0.717, 1.165) is 11.3 Å². The van der Waals surface area contributed by atoms with Gasteiger partial charge in [-0.3, -0.25) is 0 Å². The van der Waals surface area contributed by atoms with Crippen LogP contribution < -0.4 is 9.46 Å². The van der Waals surface area contributed by atoms with Crippen LogP contribution in [0.3, 0.4) is 0 Å². The van der Waals surface area contributed by atoms with Gasteiger partial charge in [-0.15, -0.1) is 11.3 Å². The van der Waals surface area contributed by atoms with Gasteiger partial charge in [0.1, 0.15) is 11.9 Å². The summed E-state index contributed by atoms with van der Waals surface area (Å²) < 4.78 is 38.8. The van der Waals surface area contributed by atoms with E-state index >= 15 is 0 Å². The number of ether oxygens (including phenoxy) is 2. The number of benzene rings is 1. The van der Waals surface area contributed by atoms with Crippen molar-refractivity contribution in [2.45, 2.75) is 24.3 Å².